The summed E-state index contributed by atoms with van der Waals surface area (Å²) in [7, 11) is -9.72. The number of rotatable bonds is 7. The predicted octanol–water partition coefficient (Wildman–Crippen LogP) is 5.83. The number of carbonyl (C=O) groups is 1. The second-order valence-electron chi connectivity index (χ2n) is 10.2. The molecule has 0 saturated carbocycles. The Morgan fingerprint density at radius 3 is 2.25 bits per heavy atom. The molecule has 5 rings (SSSR count). The van der Waals surface area contributed by atoms with Gasteiger partial charge in [0, 0.05) is 19.6 Å². The first-order chi connectivity index (χ1) is 18.7. The quantitative estimate of drug-likeness (QED) is 0.264. The summed E-state index contributed by atoms with van der Waals surface area (Å²) in [5.74, 6) is 0. The van der Waals surface area contributed by atoms with Gasteiger partial charge in [0.1, 0.15) is 17.1 Å². The molecule has 1 saturated heterocycles. The van der Waals surface area contributed by atoms with Crippen LogP contribution in [0.1, 0.15) is 22.3 Å². The summed E-state index contributed by atoms with van der Waals surface area (Å²) in [6.45, 7) is 2.29. The fourth-order valence-corrected chi connectivity index (χ4v) is 5.74. The van der Waals surface area contributed by atoms with E-state index in [-0.39, 0.29) is 12.6 Å². The van der Waals surface area contributed by atoms with Gasteiger partial charge >= 0.3 is 16.3 Å². The smallest absolute Gasteiger partial charge is 0.407 e. The van der Waals surface area contributed by atoms with Gasteiger partial charge in [0.2, 0.25) is 0 Å². The van der Waals surface area contributed by atoms with Crippen LogP contribution in [0.4, 0.5) is 24.2 Å². The van der Waals surface area contributed by atoms with E-state index < -0.39 is 33.4 Å². The minimum absolute atomic E-state index is 0.248. The van der Waals surface area contributed by atoms with E-state index >= 15 is 0 Å². The molecule has 1 fully saturated rings. The van der Waals surface area contributed by atoms with Crippen LogP contribution in [0.25, 0.3) is 11.1 Å². The summed E-state index contributed by atoms with van der Waals surface area (Å²) >= 11 is 0. The Morgan fingerprint density at radius 2 is 1.57 bits per heavy atom. The molecule has 216 valence electrons. The highest BCUT2D eigenvalue weighted by molar-refractivity contribution is 8.45. The summed E-state index contributed by atoms with van der Waals surface area (Å²) in [4.78, 5) is 10.6. The van der Waals surface area contributed by atoms with E-state index in [9.17, 15) is 29.3 Å². The van der Waals surface area contributed by atoms with E-state index in [0.29, 0.717) is 36.2 Å². The van der Waals surface area contributed by atoms with E-state index in [4.69, 9.17) is 4.74 Å². The Hall–Kier alpha value is -3.19. The Morgan fingerprint density at radius 1 is 0.925 bits per heavy atom. The monoisotopic (exact) mass is 583 g/mol. The van der Waals surface area contributed by atoms with Crippen LogP contribution in [0.15, 0.2) is 71.6 Å². The minimum atomic E-state index is -9.72. The van der Waals surface area contributed by atoms with Crippen LogP contribution in [0, 0.1) is 0 Å². The average Bonchev–Trinajstić information content (AvgIpc) is 3.25. The molecule has 0 bridgehead atoms. The number of aliphatic hydroxyl groups is 1. The number of carbonyl (C=O) groups excluding carboxylic acids is 1. The summed E-state index contributed by atoms with van der Waals surface area (Å²) in [6.07, 6.45) is -0.965. The minimum Gasteiger partial charge on any atom is -0.442 e. The summed E-state index contributed by atoms with van der Waals surface area (Å²) in [5.41, 5.74) is 5.22. The standard InChI is InChI=1S/C28H30F5N3O3S/c29-40(30,31,32,33)24-9-7-21(8-10-24)20-4-1-18(2-5-20)14-25-27(26(37)17-35-25)39-28(38)36-15-19-3-6-23-16-34-12-11-22(23)13-19/h1-10,13,25-27,34-35,37H,11-12,14-17H2,(H,36,38)/t25-,26+,27+/m1/s1. The first kappa shape index (κ1) is 28.3. The number of nitrogens with one attached hydrogen (secondary N) is 3. The van der Waals surface area contributed by atoms with Gasteiger partial charge in [-0.15, -0.1) is 0 Å². The molecule has 0 aliphatic carbocycles. The van der Waals surface area contributed by atoms with Gasteiger partial charge in [-0.25, -0.2) is 4.79 Å². The molecule has 3 aromatic carbocycles. The molecule has 0 spiro atoms. The van der Waals surface area contributed by atoms with Crippen LogP contribution in [-0.4, -0.2) is 42.5 Å². The van der Waals surface area contributed by atoms with Gasteiger partial charge < -0.3 is 25.8 Å². The van der Waals surface area contributed by atoms with E-state index in [1.54, 1.807) is 24.3 Å². The van der Waals surface area contributed by atoms with Gasteiger partial charge in [-0.2, -0.15) is 0 Å². The lowest BCUT2D eigenvalue weighted by atomic mass is 9.98. The van der Waals surface area contributed by atoms with Crippen molar-refractivity contribution in [2.75, 3.05) is 13.1 Å². The zero-order valence-corrected chi connectivity index (χ0v) is 22.2. The number of alkyl carbamates (subject to hydrolysis) is 1. The second-order valence-corrected chi connectivity index (χ2v) is 12.6. The number of fused-ring (bicyclic) bond motifs is 1. The zero-order valence-electron chi connectivity index (χ0n) is 21.4. The third kappa shape index (κ3) is 6.74. The van der Waals surface area contributed by atoms with Gasteiger partial charge in [-0.1, -0.05) is 74.0 Å². The van der Waals surface area contributed by atoms with Gasteiger partial charge in [0.25, 0.3) is 0 Å². The van der Waals surface area contributed by atoms with Crippen molar-refractivity contribution in [1.82, 2.24) is 16.0 Å². The van der Waals surface area contributed by atoms with Crippen molar-refractivity contribution in [3.05, 3.63) is 89.0 Å². The first-order valence-electron chi connectivity index (χ1n) is 12.9. The Balaban J connectivity index is 1.17. The second kappa shape index (κ2) is 10.0. The summed E-state index contributed by atoms with van der Waals surface area (Å²) in [6, 6.07) is 15.4. The highest BCUT2D eigenvalue weighted by Crippen LogP contribution is 3.02. The molecule has 3 atom stereocenters. The van der Waals surface area contributed by atoms with E-state index in [2.05, 4.69) is 22.0 Å². The Kier molecular flexibility index (Phi) is 7.10. The lowest BCUT2D eigenvalue weighted by Gasteiger charge is -2.40. The van der Waals surface area contributed by atoms with Crippen molar-refractivity contribution in [2.45, 2.75) is 49.1 Å². The number of benzene rings is 3. The largest absolute Gasteiger partial charge is 0.442 e. The first-order valence-corrected chi connectivity index (χ1v) is 14.8. The maximum atomic E-state index is 13.0. The molecule has 6 nitrogen and oxygen atoms in total. The Bertz CT molecular complexity index is 1390. The van der Waals surface area contributed by atoms with Crippen LogP contribution >= 0.6 is 10.2 Å². The Labute approximate surface area is 228 Å². The third-order valence-corrected chi connectivity index (χ3v) is 8.41. The fourth-order valence-electron chi connectivity index (χ4n) is 5.09. The molecule has 0 radical (unpaired) electrons. The number of ether oxygens (including phenoxy) is 1. The number of amides is 1. The van der Waals surface area contributed by atoms with Crippen molar-refractivity contribution in [2.24, 2.45) is 0 Å². The fraction of sp³-hybridized carbons (Fsp3) is 0.321. The van der Waals surface area contributed by atoms with Gasteiger partial charge in [-0.05, 0) is 64.9 Å². The molecule has 1 amide bonds. The molecule has 40 heavy (non-hydrogen) atoms. The maximum Gasteiger partial charge on any atom is 0.407 e. The van der Waals surface area contributed by atoms with Crippen molar-refractivity contribution in [1.29, 1.82) is 0 Å². The maximum absolute atomic E-state index is 13.0. The van der Waals surface area contributed by atoms with E-state index in [1.807, 2.05) is 12.1 Å². The molecule has 0 unspecified atom stereocenters. The van der Waals surface area contributed by atoms with Crippen LogP contribution in [0.2, 0.25) is 0 Å². The van der Waals surface area contributed by atoms with E-state index in [0.717, 1.165) is 42.8 Å². The van der Waals surface area contributed by atoms with Gasteiger partial charge in [0.05, 0.1) is 6.04 Å². The molecule has 12 heteroatoms. The highest BCUT2D eigenvalue weighted by Gasteiger charge is 2.65. The molecule has 0 aromatic heterocycles. The summed E-state index contributed by atoms with van der Waals surface area (Å²) in [5, 5.41) is 19.6. The molecule has 2 heterocycles. The summed E-state index contributed by atoms with van der Waals surface area (Å²) < 4.78 is 70.5. The number of halogens is 5. The van der Waals surface area contributed by atoms with Crippen LogP contribution in [0.3, 0.4) is 0 Å². The number of hydrogen-bond acceptors (Lipinski definition) is 5. The molecular formula is C28H30F5N3O3S. The molecule has 4 N–H and O–H groups in total. The predicted molar refractivity (Wildman–Crippen MR) is 144 cm³/mol. The van der Waals surface area contributed by atoms with Crippen molar-refractivity contribution in [3.8, 4) is 11.1 Å². The topological polar surface area (TPSA) is 82.6 Å². The van der Waals surface area contributed by atoms with Crippen molar-refractivity contribution < 1.29 is 34.1 Å². The lowest BCUT2D eigenvalue weighted by Crippen LogP contribution is -2.41. The molecule has 2 aliphatic rings. The average molecular weight is 584 g/mol. The number of hydrogen-bond donors (Lipinski definition) is 4. The number of aliphatic hydroxyl groups excluding tert-OH is 1. The van der Waals surface area contributed by atoms with Gasteiger partial charge in [-0.3, -0.25) is 0 Å². The zero-order chi connectivity index (χ0) is 28.6. The third-order valence-electron chi connectivity index (χ3n) is 7.24. The van der Waals surface area contributed by atoms with Crippen LogP contribution in [0.5, 0.6) is 0 Å². The van der Waals surface area contributed by atoms with Crippen LogP contribution in [-0.2, 0) is 30.7 Å². The molecular weight excluding hydrogens is 553 g/mol. The molecule has 2 aliphatic heterocycles. The SMILES string of the molecule is O=C(NCc1ccc2c(c1)CCNC2)O[C@@H]1[C@@H](O)CN[C@@H]1Cc1ccc(-c2ccc(S(F)(F)(F)(F)F)cc2)cc1. The van der Waals surface area contributed by atoms with Crippen molar-refractivity contribution >= 4 is 16.3 Å². The van der Waals surface area contributed by atoms with Crippen molar-refractivity contribution in [3.63, 3.8) is 0 Å². The lowest BCUT2D eigenvalue weighted by molar-refractivity contribution is 0.0188. The van der Waals surface area contributed by atoms with Crippen LogP contribution < -0.4 is 16.0 Å². The highest BCUT2D eigenvalue weighted by atomic mass is 32.5. The normalized spacial score (nSPS) is 22.6. The van der Waals surface area contributed by atoms with E-state index in [1.165, 1.54) is 11.1 Å². The number of β-amino-alcohol motifs (C(OH)–C–C–N with tert-alkyl or cyclic N) is 1. The molecule has 3 aromatic rings. The van der Waals surface area contributed by atoms with Gasteiger partial charge in [0.15, 0.2) is 0 Å².